The van der Waals surface area contributed by atoms with Crippen molar-refractivity contribution in [3.05, 3.63) is 65.7 Å². The fourth-order valence-corrected chi connectivity index (χ4v) is 2.77. The first-order chi connectivity index (χ1) is 11.2. The van der Waals surface area contributed by atoms with Crippen LogP contribution in [0.25, 0.3) is 0 Å². The first-order valence-electron chi connectivity index (χ1n) is 7.10. The van der Waals surface area contributed by atoms with Crippen LogP contribution in [-0.2, 0) is 5.75 Å². The van der Waals surface area contributed by atoms with Crippen LogP contribution in [0.15, 0.2) is 54.6 Å². The molecule has 0 bridgehead atoms. The van der Waals surface area contributed by atoms with Gasteiger partial charge in [-0.05, 0) is 17.7 Å². The van der Waals surface area contributed by atoms with Crippen molar-refractivity contribution < 1.29 is 18.3 Å². The van der Waals surface area contributed by atoms with E-state index in [0.717, 1.165) is 11.5 Å². The van der Waals surface area contributed by atoms with Crippen LogP contribution in [0.4, 0.5) is 8.78 Å². The number of rotatable bonds is 8. The third-order valence-electron chi connectivity index (χ3n) is 2.99. The van der Waals surface area contributed by atoms with Crippen LogP contribution in [0.3, 0.4) is 0 Å². The van der Waals surface area contributed by atoms with Crippen molar-refractivity contribution in [2.75, 3.05) is 12.3 Å². The molecule has 6 heteroatoms. The molecule has 2 aromatic carbocycles. The minimum absolute atomic E-state index is 0.112. The molecular weight excluding hydrogens is 320 g/mol. The van der Waals surface area contributed by atoms with E-state index >= 15 is 0 Å². The molecule has 1 amide bonds. The van der Waals surface area contributed by atoms with Crippen LogP contribution in [-0.4, -0.2) is 24.8 Å². The molecule has 0 heterocycles. The lowest BCUT2D eigenvalue weighted by Crippen LogP contribution is -2.26. The number of benzene rings is 2. The van der Waals surface area contributed by atoms with E-state index in [0.29, 0.717) is 6.54 Å². The van der Waals surface area contributed by atoms with Gasteiger partial charge in [0.25, 0.3) is 5.91 Å². The van der Waals surface area contributed by atoms with Crippen LogP contribution in [0.5, 0.6) is 5.75 Å². The van der Waals surface area contributed by atoms with E-state index in [-0.39, 0.29) is 11.3 Å². The van der Waals surface area contributed by atoms with Crippen LogP contribution in [0.2, 0.25) is 0 Å². The Hall–Kier alpha value is -2.08. The smallest absolute Gasteiger partial charge is 0.387 e. The molecule has 23 heavy (non-hydrogen) atoms. The zero-order chi connectivity index (χ0) is 16.5. The van der Waals surface area contributed by atoms with Gasteiger partial charge in [-0.2, -0.15) is 20.5 Å². The lowest BCUT2D eigenvalue weighted by Gasteiger charge is -2.10. The third kappa shape index (κ3) is 5.90. The van der Waals surface area contributed by atoms with E-state index in [2.05, 4.69) is 10.1 Å². The van der Waals surface area contributed by atoms with Crippen LogP contribution >= 0.6 is 11.8 Å². The van der Waals surface area contributed by atoms with Crippen LogP contribution < -0.4 is 10.1 Å². The minimum Gasteiger partial charge on any atom is -0.434 e. The molecule has 0 atom stereocenters. The summed E-state index contributed by atoms with van der Waals surface area (Å²) in [5.41, 5.74) is 1.33. The molecule has 0 aromatic heterocycles. The second kappa shape index (κ2) is 9.15. The monoisotopic (exact) mass is 337 g/mol. The fraction of sp³-hybridized carbons (Fsp3) is 0.235. The zero-order valence-electron chi connectivity index (χ0n) is 12.4. The van der Waals surface area contributed by atoms with E-state index in [4.69, 9.17) is 0 Å². The summed E-state index contributed by atoms with van der Waals surface area (Å²) in [5.74, 6) is 1.07. The predicted molar refractivity (Wildman–Crippen MR) is 88.0 cm³/mol. The number of hydrogen-bond acceptors (Lipinski definition) is 3. The van der Waals surface area contributed by atoms with E-state index in [9.17, 15) is 13.6 Å². The number of halogens is 2. The van der Waals surface area contributed by atoms with Gasteiger partial charge < -0.3 is 10.1 Å². The highest BCUT2D eigenvalue weighted by molar-refractivity contribution is 7.98. The maximum Gasteiger partial charge on any atom is 0.387 e. The third-order valence-corrected chi connectivity index (χ3v) is 4.02. The Kier molecular flexibility index (Phi) is 6.87. The largest absolute Gasteiger partial charge is 0.434 e. The number of carbonyl (C=O) groups excluding carboxylic acids is 1. The minimum atomic E-state index is -2.95. The number of ether oxygens (including phenoxy) is 1. The summed E-state index contributed by atoms with van der Waals surface area (Å²) in [6.45, 7) is -2.50. The van der Waals surface area contributed by atoms with Crippen molar-refractivity contribution in [2.45, 2.75) is 12.4 Å². The topological polar surface area (TPSA) is 38.3 Å². The lowest BCUT2D eigenvalue weighted by molar-refractivity contribution is -0.0501. The Morgan fingerprint density at radius 1 is 1.09 bits per heavy atom. The normalized spacial score (nSPS) is 10.6. The second-order valence-electron chi connectivity index (χ2n) is 4.67. The van der Waals surface area contributed by atoms with Gasteiger partial charge in [0.2, 0.25) is 0 Å². The molecule has 1 N–H and O–H groups in total. The molecule has 3 nitrogen and oxygen atoms in total. The second-order valence-corrected chi connectivity index (χ2v) is 5.77. The Morgan fingerprint density at radius 2 is 1.78 bits per heavy atom. The zero-order valence-corrected chi connectivity index (χ0v) is 13.2. The highest BCUT2D eigenvalue weighted by Gasteiger charge is 2.14. The Bertz CT molecular complexity index is 623. The van der Waals surface area contributed by atoms with E-state index in [1.807, 2.05) is 30.3 Å². The molecular formula is C17H17F2NO2S. The molecule has 2 aromatic rings. The molecule has 0 spiro atoms. The quantitative estimate of drug-likeness (QED) is 0.741. The van der Waals surface area contributed by atoms with Gasteiger partial charge >= 0.3 is 6.61 Å². The summed E-state index contributed by atoms with van der Waals surface area (Å²) < 4.78 is 29.0. The van der Waals surface area contributed by atoms with Gasteiger partial charge in [0.15, 0.2) is 0 Å². The summed E-state index contributed by atoms with van der Waals surface area (Å²) in [6.07, 6.45) is 0. The van der Waals surface area contributed by atoms with Gasteiger partial charge in [0, 0.05) is 18.1 Å². The predicted octanol–water partition coefficient (Wildman–Crippen LogP) is 3.95. The fourth-order valence-electron chi connectivity index (χ4n) is 1.95. The molecule has 0 fully saturated rings. The molecule has 0 saturated heterocycles. The molecule has 0 saturated carbocycles. The summed E-state index contributed by atoms with van der Waals surface area (Å²) in [5, 5.41) is 2.71. The summed E-state index contributed by atoms with van der Waals surface area (Å²) >= 11 is 1.69. The van der Waals surface area contributed by atoms with Crippen molar-refractivity contribution >= 4 is 17.7 Å². The maximum absolute atomic E-state index is 12.3. The van der Waals surface area contributed by atoms with E-state index < -0.39 is 12.5 Å². The average Bonchev–Trinajstić information content (AvgIpc) is 2.55. The standard InChI is InChI=1S/C17H17F2NO2S/c18-17(19)22-15-9-5-4-8-14(15)16(21)20-10-11-23-12-13-6-2-1-3-7-13/h1-9,17H,10-12H2,(H,20,21). The lowest BCUT2D eigenvalue weighted by atomic mass is 10.2. The highest BCUT2D eigenvalue weighted by atomic mass is 32.2. The van der Waals surface area contributed by atoms with E-state index in [1.54, 1.807) is 23.9 Å². The van der Waals surface area contributed by atoms with Crippen molar-refractivity contribution in [1.82, 2.24) is 5.32 Å². The SMILES string of the molecule is O=C(NCCSCc1ccccc1)c1ccccc1OC(F)F. The number of thioether (sulfide) groups is 1. The Labute approximate surface area is 138 Å². The first-order valence-corrected chi connectivity index (χ1v) is 8.26. The molecule has 0 aliphatic heterocycles. The first kappa shape index (κ1) is 17.3. The van der Waals surface area contributed by atoms with Gasteiger partial charge in [-0.1, -0.05) is 42.5 Å². The van der Waals surface area contributed by atoms with Gasteiger partial charge in [-0.15, -0.1) is 0 Å². The summed E-state index contributed by atoms with van der Waals surface area (Å²) in [7, 11) is 0. The maximum atomic E-state index is 12.3. The van der Waals surface area contributed by atoms with Gasteiger partial charge in [-0.3, -0.25) is 4.79 Å². The van der Waals surface area contributed by atoms with Gasteiger partial charge in [0.05, 0.1) is 5.56 Å². The van der Waals surface area contributed by atoms with E-state index in [1.165, 1.54) is 17.7 Å². The highest BCUT2D eigenvalue weighted by Crippen LogP contribution is 2.20. The Morgan fingerprint density at radius 3 is 2.52 bits per heavy atom. The van der Waals surface area contributed by atoms with Crippen LogP contribution in [0.1, 0.15) is 15.9 Å². The van der Waals surface area contributed by atoms with Crippen molar-refractivity contribution in [3.63, 3.8) is 0 Å². The van der Waals surface area contributed by atoms with Gasteiger partial charge in [-0.25, -0.2) is 0 Å². The molecule has 0 aliphatic rings. The molecule has 122 valence electrons. The number of alkyl halides is 2. The number of para-hydroxylation sites is 1. The molecule has 0 aliphatic carbocycles. The molecule has 2 rings (SSSR count). The van der Waals surface area contributed by atoms with Crippen molar-refractivity contribution in [1.29, 1.82) is 0 Å². The summed E-state index contributed by atoms with van der Waals surface area (Å²) in [6, 6.07) is 16.0. The van der Waals surface area contributed by atoms with Crippen molar-refractivity contribution in [3.8, 4) is 5.75 Å². The van der Waals surface area contributed by atoms with Crippen LogP contribution in [0, 0.1) is 0 Å². The van der Waals surface area contributed by atoms with Crippen molar-refractivity contribution in [2.24, 2.45) is 0 Å². The average molecular weight is 337 g/mol. The number of carbonyl (C=O) groups is 1. The van der Waals surface area contributed by atoms with Gasteiger partial charge in [0.1, 0.15) is 5.75 Å². The summed E-state index contributed by atoms with van der Waals surface area (Å²) in [4.78, 5) is 12.0. The number of hydrogen-bond donors (Lipinski definition) is 1. The Balaban J connectivity index is 1.77. The molecule has 0 radical (unpaired) electrons. The number of nitrogens with one attached hydrogen (secondary N) is 1. The number of amides is 1. The molecule has 0 unspecified atom stereocenters.